The second-order valence-electron chi connectivity index (χ2n) is 5.72. The van der Waals surface area contributed by atoms with Gasteiger partial charge >= 0.3 is 0 Å². The van der Waals surface area contributed by atoms with Gasteiger partial charge in [-0.3, -0.25) is 9.59 Å². The molecule has 0 heterocycles. The van der Waals surface area contributed by atoms with Crippen molar-refractivity contribution in [3.63, 3.8) is 0 Å². The lowest BCUT2D eigenvalue weighted by molar-refractivity contribution is -0.125. The van der Waals surface area contributed by atoms with Gasteiger partial charge < -0.3 is 16.4 Å². The van der Waals surface area contributed by atoms with Crippen molar-refractivity contribution in [2.45, 2.75) is 38.1 Å². The largest absolute Gasteiger partial charge is 0.356 e. The van der Waals surface area contributed by atoms with E-state index in [1.54, 1.807) is 24.3 Å². The summed E-state index contributed by atoms with van der Waals surface area (Å²) in [7, 11) is 0. The number of nitrogens with two attached hydrogens (primary N) is 1. The SMILES string of the molecule is NC1CCC(C(=O)NCCCC(=O)Nc2ccc(Cl)cc2)C1. The molecule has 22 heavy (non-hydrogen) atoms. The van der Waals surface area contributed by atoms with Crippen molar-refractivity contribution in [1.82, 2.24) is 5.32 Å². The van der Waals surface area contributed by atoms with Crippen LogP contribution in [-0.2, 0) is 9.59 Å². The molecule has 2 atom stereocenters. The van der Waals surface area contributed by atoms with E-state index in [9.17, 15) is 9.59 Å². The lowest BCUT2D eigenvalue weighted by Crippen LogP contribution is -2.31. The molecule has 0 spiro atoms. The number of hydrogen-bond acceptors (Lipinski definition) is 3. The molecule has 0 aliphatic heterocycles. The molecule has 4 N–H and O–H groups in total. The molecule has 5 nitrogen and oxygen atoms in total. The van der Waals surface area contributed by atoms with Gasteiger partial charge in [0.15, 0.2) is 0 Å². The molecule has 1 fully saturated rings. The van der Waals surface area contributed by atoms with Gasteiger partial charge in [-0.15, -0.1) is 0 Å². The predicted molar refractivity (Wildman–Crippen MR) is 87.6 cm³/mol. The number of anilines is 1. The fraction of sp³-hybridized carbons (Fsp3) is 0.500. The van der Waals surface area contributed by atoms with Crippen LogP contribution >= 0.6 is 11.6 Å². The van der Waals surface area contributed by atoms with E-state index >= 15 is 0 Å². The fourth-order valence-corrected chi connectivity index (χ4v) is 2.74. The second-order valence-corrected chi connectivity index (χ2v) is 6.16. The first kappa shape index (κ1) is 16.8. The Labute approximate surface area is 135 Å². The Kier molecular flexibility index (Phi) is 6.21. The smallest absolute Gasteiger partial charge is 0.224 e. The number of amides is 2. The molecule has 0 bridgehead atoms. The zero-order valence-corrected chi connectivity index (χ0v) is 13.2. The predicted octanol–water partition coefficient (Wildman–Crippen LogP) is 2.30. The summed E-state index contributed by atoms with van der Waals surface area (Å²) in [6.07, 6.45) is 3.53. The fourth-order valence-electron chi connectivity index (χ4n) is 2.62. The van der Waals surface area contributed by atoms with Gasteiger partial charge in [-0.25, -0.2) is 0 Å². The summed E-state index contributed by atoms with van der Waals surface area (Å²) in [5.74, 6) is 0.0309. The Morgan fingerprint density at radius 3 is 2.59 bits per heavy atom. The summed E-state index contributed by atoms with van der Waals surface area (Å²) >= 11 is 5.78. The number of hydrogen-bond donors (Lipinski definition) is 3. The molecule has 2 amide bonds. The third-order valence-corrected chi connectivity index (χ3v) is 4.10. The summed E-state index contributed by atoms with van der Waals surface area (Å²) in [5.41, 5.74) is 6.52. The van der Waals surface area contributed by atoms with E-state index in [2.05, 4.69) is 10.6 Å². The summed E-state index contributed by atoms with van der Waals surface area (Å²) in [6.45, 7) is 0.513. The van der Waals surface area contributed by atoms with Crippen LogP contribution < -0.4 is 16.4 Å². The zero-order valence-electron chi connectivity index (χ0n) is 12.5. The minimum atomic E-state index is -0.0699. The van der Waals surface area contributed by atoms with Gasteiger partial charge in [-0.1, -0.05) is 11.6 Å². The Morgan fingerprint density at radius 2 is 1.95 bits per heavy atom. The summed E-state index contributed by atoms with van der Waals surface area (Å²) in [5, 5.41) is 6.30. The maximum atomic E-state index is 11.9. The molecule has 1 aliphatic carbocycles. The van der Waals surface area contributed by atoms with Gasteiger partial charge in [0.05, 0.1) is 0 Å². The van der Waals surface area contributed by atoms with E-state index in [1.165, 1.54) is 0 Å². The zero-order chi connectivity index (χ0) is 15.9. The van der Waals surface area contributed by atoms with E-state index in [0.29, 0.717) is 24.4 Å². The molecule has 0 aromatic heterocycles. The molecular weight excluding hydrogens is 302 g/mol. The minimum absolute atomic E-state index is 0.0397. The molecule has 0 radical (unpaired) electrons. The Balaban J connectivity index is 1.61. The molecule has 1 aromatic carbocycles. The van der Waals surface area contributed by atoms with Crippen molar-refractivity contribution in [3.05, 3.63) is 29.3 Å². The minimum Gasteiger partial charge on any atom is -0.356 e. The van der Waals surface area contributed by atoms with Crippen LogP contribution in [0.1, 0.15) is 32.1 Å². The first-order chi connectivity index (χ1) is 10.5. The molecule has 2 unspecified atom stereocenters. The molecule has 120 valence electrons. The second kappa shape index (κ2) is 8.15. The molecule has 1 saturated carbocycles. The number of nitrogens with one attached hydrogen (secondary N) is 2. The maximum Gasteiger partial charge on any atom is 0.224 e. The van der Waals surface area contributed by atoms with E-state index in [4.69, 9.17) is 17.3 Å². The van der Waals surface area contributed by atoms with Crippen LogP contribution in [0.3, 0.4) is 0 Å². The van der Waals surface area contributed by atoms with Crippen molar-refractivity contribution in [1.29, 1.82) is 0 Å². The standard InChI is InChI=1S/C16H22ClN3O2/c17-12-4-7-14(8-5-12)20-15(21)2-1-9-19-16(22)11-3-6-13(18)10-11/h4-5,7-8,11,13H,1-3,6,9-10,18H2,(H,19,22)(H,20,21). The number of halogens is 1. The van der Waals surface area contributed by atoms with Crippen molar-refractivity contribution in [2.24, 2.45) is 11.7 Å². The number of benzene rings is 1. The van der Waals surface area contributed by atoms with Gasteiger partial charge in [-0.05, 0) is 49.9 Å². The van der Waals surface area contributed by atoms with Crippen LogP contribution in [0, 0.1) is 5.92 Å². The molecule has 2 rings (SSSR count). The third kappa shape index (κ3) is 5.31. The highest BCUT2D eigenvalue weighted by Crippen LogP contribution is 2.23. The van der Waals surface area contributed by atoms with E-state index in [0.717, 1.165) is 24.9 Å². The molecule has 0 saturated heterocycles. The Morgan fingerprint density at radius 1 is 1.23 bits per heavy atom. The van der Waals surface area contributed by atoms with Gasteiger partial charge in [0.25, 0.3) is 0 Å². The molecule has 1 aliphatic rings. The normalized spacial score (nSPS) is 20.6. The molecule has 1 aromatic rings. The van der Waals surface area contributed by atoms with Crippen molar-refractivity contribution < 1.29 is 9.59 Å². The van der Waals surface area contributed by atoms with E-state index in [1.807, 2.05) is 0 Å². The first-order valence-corrected chi connectivity index (χ1v) is 8.01. The van der Waals surface area contributed by atoms with Crippen LogP contribution in [0.4, 0.5) is 5.69 Å². The van der Waals surface area contributed by atoms with Crippen LogP contribution in [0.2, 0.25) is 5.02 Å². The van der Waals surface area contributed by atoms with Crippen LogP contribution in [0.25, 0.3) is 0 Å². The highest BCUT2D eigenvalue weighted by Gasteiger charge is 2.27. The third-order valence-electron chi connectivity index (χ3n) is 3.85. The Bertz CT molecular complexity index is 519. The highest BCUT2D eigenvalue weighted by atomic mass is 35.5. The van der Waals surface area contributed by atoms with E-state index in [-0.39, 0.29) is 23.8 Å². The summed E-state index contributed by atoms with van der Waals surface area (Å²) in [6, 6.07) is 7.12. The van der Waals surface area contributed by atoms with Crippen LogP contribution in [-0.4, -0.2) is 24.4 Å². The quantitative estimate of drug-likeness (QED) is 0.702. The van der Waals surface area contributed by atoms with Crippen molar-refractivity contribution >= 4 is 29.1 Å². The number of carbonyl (C=O) groups excluding carboxylic acids is 2. The monoisotopic (exact) mass is 323 g/mol. The van der Waals surface area contributed by atoms with Gasteiger partial charge in [-0.2, -0.15) is 0 Å². The van der Waals surface area contributed by atoms with Crippen LogP contribution in [0.5, 0.6) is 0 Å². The van der Waals surface area contributed by atoms with Crippen molar-refractivity contribution in [3.8, 4) is 0 Å². The average molecular weight is 324 g/mol. The van der Waals surface area contributed by atoms with E-state index < -0.39 is 0 Å². The topological polar surface area (TPSA) is 84.2 Å². The van der Waals surface area contributed by atoms with Crippen molar-refractivity contribution in [2.75, 3.05) is 11.9 Å². The van der Waals surface area contributed by atoms with Crippen LogP contribution in [0.15, 0.2) is 24.3 Å². The first-order valence-electron chi connectivity index (χ1n) is 7.63. The summed E-state index contributed by atoms with van der Waals surface area (Å²) < 4.78 is 0. The molecular formula is C16H22ClN3O2. The number of carbonyl (C=O) groups is 2. The molecule has 6 heteroatoms. The lowest BCUT2D eigenvalue weighted by atomic mass is 10.1. The average Bonchev–Trinajstić information content (AvgIpc) is 2.92. The maximum absolute atomic E-state index is 11.9. The Hall–Kier alpha value is -1.59. The highest BCUT2D eigenvalue weighted by molar-refractivity contribution is 6.30. The van der Waals surface area contributed by atoms with Gasteiger partial charge in [0.2, 0.25) is 11.8 Å². The van der Waals surface area contributed by atoms with Gasteiger partial charge in [0, 0.05) is 35.6 Å². The van der Waals surface area contributed by atoms with Gasteiger partial charge in [0.1, 0.15) is 0 Å². The lowest BCUT2D eigenvalue weighted by Gasteiger charge is -2.10. The number of rotatable bonds is 6. The summed E-state index contributed by atoms with van der Waals surface area (Å²) in [4.78, 5) is 23.6.